The quantitative estimate of drug-likeness (QED) is 0.809. The van der Waals surface area contributed by atoms with Crippen molar-refractivity contribution >= 4 is 11.6 Å². The molecule has 3 N–H and O–H groups in total. The van der Waals surface area contributed by atoms with Crippen molar-refractivity contribution in [3.8, 4) is 11.5 Å². The average molecular weight is 315 g/mol. The van der Waals surface area contributed by atoms with Gasteiger partial charge in [-0.05, 0) is 48.5 Å². The van der Waals surface area contributed by atoms with Crippen LogP contribution >= 0.6 is 0 Å². The maximum absolute atomic E-state index is 12.8. The maximum Gasteiger partial charge on any atom is 0.242 e. The summed E-state index contributed by atoms with van der Waals surface area (Å²) >= 11 is 0. The van der Waals surface area contributed by atoms with Crippen molar-refractivity contribution in [2.45, 2.75) is 6.04 Å². The molecule has 1 amide bonds. The van der Waals surface area contributed by atoms with E-state index >= 15 is 0 Å². The van der Waals surface area contributed by atoms with Gasteiger partial charge in [0.15, 0.2) is 0 Å². The number of hydrogen-bond acceptors (Lipinski definition) is 4. The molecular formula is C17H18FN3O2. The summed E-state index contributed by atoms with van der Waals surface area (Å²) in [5.41, 5.74) is 0.703. The summed E-state index contributed by atoms with van der Waals surface area (Å²) in [5, 5.41) is 9.19. The second kappa shape index (κ2) is 7.21. The molecule has 23 heavy (non-hydrogen) atoms. The Hall–Kier alpha value is -2.44. The van der Waals surface area contributed by atoms with Gasteiger partial charge in [0.2, 0.25) is 5.91 Å². The minimum absolute atomic E-state index is 0.0654. The highest BCUT2D eigenvalue weighted by Crippen LogP contribution is 2.23. The Morgan fingerprint density at radius 2 is 1.70 bits per heavy atom. The van der Waals surface area contributed by atoms with Crippen LogP contribution in [0.2, 0.25) is 0 Å². The first-order valence-corrected chi connectivity index (χ1v) is 7.49. The van der Waals surface area contributed by atoms with Crippen LogP contribution in [-0.2, 0) is 4.79 Å². The SMILES string of the molecule is O=C(Nc1ccc(Oc2ccc(F)cc2)cc1)C1CNCCN1. The third-order valence-electron chi connectivity index (χ3n) is 3.53. The lowest BCUT2D eigenvalue weighted by Crippen LogP contribution is -2.54. The number of hydrogen-bond donors (Lipinski definition) is 3. The van der Waals surface area contributed by atoms with Crippen molar-refractivity contribution in [3.63, 3.8) is 0 Å². The van der Waals surface area contributed by atoms with Crippen molar-refractivity contribution in [1.82, 2.24) is 10.6 Å². The van der Waals surface area contributed by atoms with Gasteiger partial charge in [-0.3, -0.25) is 4.79 Å². The van der Waals surface area contributed by atoms with Gasteiger partial charge in [0.1, 0.15) is 17.3 Å². The monoisotopic (exact) mass is 315 g/mol. The Bertz CT molecular complexity index is 653. The Morgan fingerprint density at radius 1 is 1.04 bits per heavy atom. The van der Waals surface area contributed by atoms with Gasteiger partial charge < -0.3 is 20.7 Å². The molecule has 2 aromatic rings. The fraction of sp³-hybridized carbons (Fsp3) is 0.235. The van der Waals surface area contributed by atoms with Crippen molar-refractivity contribution in [2.75, 3.05) is 25.0 Å². The Balaban J connectivity index is 1.58. The van der Waals surface area contributed by atoms with Crippen molar-refractivity contribution in [1.29, 1.82) is 0 Å². The van der Waals surface area contributed by atoms with Gasteiger partial charge in [-0.2, -0.15) is 0 Å². The van der Waals surface area contributed by atoms with Crippen molar-refractivity contribution in [3.05, 3.63) is 54.3 Å². The minimum Gasteiger partial charge on any atom is -0.457 e. The number of rotatable bonds is 4. The van der Waals surface area contributed by atoms with Crippen LogP contribution in [0.4, 0.5) is 10.1 Å². The lowest BCUT2D eigenvalue weighted by atomic mass is 10.2. The molecular weight excluding hydrogens is 297 g/mol. The zero-order valence-corrected chi connectivity index (χ0v) is 12.5. The molecule has 1 heterocycles. The number of carbonyl (C=O) groups is 1. The van der Waals surface area contributed by atoms with E-state index < -0.39 is 0 Å². The van der Waals surface area contributed by atoms with E-state index in [-0.39, 0.29) is 17.8 Å². The zero-order chi connectivity index (χ0) is 16.1. The maximum atomic E-state index is 12.8. The van der Waals surface area contributed by atoms with E-state index in [0.717, 1.165) is 13.1 Å². The van der Waals surface area contributed by atoms with Crippen LogP contribution in [0.25, 0.3) is 0 Å². The lowest BCUT2D eigenvalue weighted by molar-refractivity contribution is -0.118. The van der Waals surface area contributed by atoms with Crippen LogP contribution in [0.3, 0.4) is 0 Å². The molecule has 0 bridgehead atoms. The highest BCUT2D eigenvalue weighted by atomic mass is 19.1. The third kappa shape index (κ3) is 4.28. The Labute approximate surface area is 133 Å². The predicted octanol–water partition coefficient (Wildman–Crippen LogP) is 2.12. The van der Waals surface area contributed by atoms with Gasteiger partial charge in [-0.25, -0.2) is 4.39 Å². The van der Waals surface area contributed by atoms with Crippen LogP contribution in [0.1, 0.15) is 0 Å². The Morgan fingerprint density at radius 3 is 2.30 bits per heavy atom. The molecule has 1 saturated heterocycles. The fourth-order valence-corrected chi connectivity index (χ4v) is 2.31. The highest BCUT2D eigenvalue weighted by molar-refractivity contribution is 5.95. The molecule has 120 valence electrons. The van der Waals surface area contributed by atoms with Crippen LogP contribution in [0.5, 0.6) is 11.5 Å². The first kappa shape index (κ1) is 15.5. The number of amides is 1. The van der Waals surface area contributed by atoms with Crippen LogP contribution < -0.4 is 20.7 Å². The van der Waals surface area contributed by atoms with Gasteiger partial charge in [0.05, 0.1) is 6.04 Å². The average Bonchev–Trinajstić information content (AvgIpc) is 2.59. The molecule has 0 radical (unpaired) electrons. The number of nitrogens with one attached hydrogen (secondary N) is 3. The zero-order valence-electron chi connectivity index (χ0n) is 12.5. The van der Waals surface area contributed by atoms with Crippen molar-refractivity contribution in [2.24, 2.45) is 0 Å². The summed E-state index contributed by atoms with van der Waals surface area (Å²) in [6.45, 7) is 2.28. The smallest absolute Gasteiger partial charge is 0.242 e. The summed E-state index contributed by atoms with van der Waals surface area (Å²) in [6, 6.07) is 12.6. The normalized spacial score (nSPS) is 17.5. The van der Waals surface area contributed by atoms with Gasteiger partial charge in [0.25, 0.3) is 0 Å². The molecule has 1 fully saturated rings. The molecule has 1 atom stereocenters. The molecule has 5 nitrogen and oxygen atoms in total. The number of benzene rings is 2. The molecule has 6 heteroatoms. The topological polar surface area (TPSA) is 62.4 Å². The van der Waals surface area contributed by atoms with E-state index in [0.29, 0.717) is 23.7 Å². The number of halogens is 1. The van der Waals surface area contributed by atoms with E-state index in [2.05, 4.69) is 16.0 Å². The fourth-order valence-electron chi connectivity index (χ4n) is 2.31. The molecule has 3 rings (SSSR count). The van der Waals surface area contributed by atoms with E-state index in [1.54, 1.807) is 36.4 Å². The van der Waals surface area contributed by atoms with E-state index in [1.165, 1.54) is 12.1 Å². The number of piperazine rings is 1. The molecule has 0 saturated carbocycles. The number of anilines is 1. The van der Waals surface area contributed by atoms with Crippen LogP contribution in [-0.4, -0.2) is 31.6 Å². The first-order chi connectivity index (χ1) is 11.2. The minimum atomic E-state index is -0.304. The Kier molecular flexibility index (Phi) is 4.85. The second-order valence-corrected chi connectivity index (χ2v) is 5.28. The standard InChI is InChI=1S/C17H18FN3O2/c18-12-1-5-14(6-2-12)23-15-7-3-13(4-8-15)21-17(22)16-11-19-9-10-20-16/h1-8,16,19-20H,9-11H2,(H,21,22). The van der Waals surface area contributed by atoms with Crippen LogP contribution in [0, 0.1) is 5.82 Å². The van der Waals surface area contributed by atoms with E-state index in [9.17, 15) is 9.18 Å². The molecule has 0 spiro atoms. The largest absolute Gasteiger partial charge is 0.457 e. The molecule has 2 aromatic carbocycles. The summed E-state index contributed by atoms with van der Waals surface area (Å²) in [5.74, 6) is 0.804. The summed E-state index contributed by atoms with van der Waals surface area (Å²) < 4.78 is 18.5. The molecule has 0 aliphatic carbocycles. The summed E-state index contributed by atoms with van der Waals surface area (Å²) in [4.78, 5) is 12.1. The summed E-state index contributed by atoms with van der Waals surface area (Å²) in [7, 11) is 0. The van der Waals surface area contributed by atoms with E-state index in [4.69, 9.17) is 4.74 Å². The van der Waals surface area contributed by atoms with Gasteiger partial charge in [0, 0.05) is 25.3 Å². The third-order valence-corrected chi connectivity index (χ3v) is 3.53. The lowest BCUT2D eigenvalue weighted by Gasteiger charge is -2.23. The second-order valence-electron chi connectivity index (χ2n) is 5.28. The molecule has 1 unspecified atom stereocenters. The van der Waals surface area contributed by atoms with Crippen LogP contribution in [0.15, 0.2) is 48.5 Å². The number of carbonyl (C=O) groups excluding carboxylic acids is 1. The van der Waals surface area contributed by atoms with Gasteiger partial charge in [-0.1, -0.05) is 0 Å². The highest BCUT2D eigenvalue weighted by Gasteiger charge is 2.20. The van der Waals surface area contributed by atoms with Gasteiger partial charge >= 0.3 is 0 Å². The first-order valence-electron chi connectivity index (χ1n) is 7.49. The van der Waals surface area contributed by atoms with Crippen molar-refractivity contribution < 1.29 is 13.9 Å². The molecule has 1 aliphatic heterocycles. The van der Waals surface area contributed by atoms with Gasteiger partial charge in [-0.15, -0.1) is 0 Å². The number of ether oxygens (including phenoxy) is 1. The van der Waals surface area contributed by atoms with E-state index in [1.807, 2.05) is 0 Å². The summed E-state index contributed by atoms with van der Waals surface area (Å²) in [6.07, 6.45) is 0. The molecule has 0 aromatic heterocycles. The molecule has 1 aliphatic rings. The predicted molar refractivity (Wildman–Crippen MR) is 86.2 cm³/mol.